The van der Waals surface area contributed by atoms with Gasteiger partial charge in [-0.15, -0.1) is 11.3 Å². The summed E-state index contributed by atoms with van der Waals surface area (Å²) in [5.74, 6) is -0.899. The Balaban J connectivity index is 1.31. The van der Waals surface area contributed by atoms with Crippen molar-refractivity contribution in [3.05, 3.63) is 98.3 Å². The number of nitrogens with zero attached hydrogens (tertiary/aromatic N) is 1. The van der Waals surface area contributed by atoms with E-state index in [2.05, 4.69) is 25.1 Å². The molecule has 228 valence electrons. The zero-order valence-electron chi connectivity index (χ0n) is 25.7. The van der Waals surface area contributed by atoms with Gasteiger partial charge >= 0.3 is 7.12 Å². The van der Waals surface area contributed by atoms with Crippen LogP contribution in [0.15, 0.2) is 71.1 Å². The number of amides is 2. The molecule has 1 aromatic heterocycles. The molecule has 2 N–H and O–H groups in total. The molecule has 0 saturated carbocycles. The second kappa shape index (κ2) is 12.9. The third-order valence-electron chi connectivity index (χ3n) is 9.52. The largest absolute Gasteiger partial charge is 0.507 e. The molecular weight excluding hydrogens is 569 g/mol. The molecule has 3 aromatic rings. The zero-order chi connectivity index (χ0) is 31.0. The first-order valence-corrected chi connectivity index (χ1v) is 16.6. The number of hydrogen-bond donors (Lipinski definition) is 2. The van der Waals surface area contributed by atoms with Gasteiger partial charge in [0.15, 0.2) is 0 Å². The Hall–Kier alpha value is -3.46. The Labute approximate surface area is 264 Å². The van der Waals surface area contributed by atoms with Crippen LogP contribution >= 0.6 is 11.3 Å². The van der Waals surface area contributed by atoms with Crippen molar-refractivity contribution >= 4 is 41.9 Å². The van der Waals surface area contributed by atoms with Crippen LogP contribution in [0.4, 0.5) is 0 Å². The summed E-state index contributed by atoms with van der Waals surface area (Å²) in [5, 5.41) is 23.3. The highest BCUT2D eigenvalue weighted by molar-refractivity contribution is 7.09. The molecule has 44 heavy (non-hydrogen) atoms. The molecular formula is C36H40BNO5S. The Kier molecular flexibility index (Phi) is 8.95. The van der Waals surface area contributed by atoms with Gasteiger partial charge in [0.25, 0.3) is 0 Å². The van der Waals surface area contributed by atoms with Crippen molar-refractivity contribution in [2.24, 2.45) is 17.8 Å². The van der Waals surface area contributed by atoms with Crippen LogP contribution in [0.5, 0.6) is 5.75 Å². The number of likely N-dealkylation sites (tertiary alicyclic amines) is 1. The normalized spacial score (nSPS) is 23.8. The van der Waals surface area contributed by atoms with Gasteiger partial charge in [0.2, 0.25) is 11.8 Å². The predicted octanol–water partition coefficient (Wildman–Crippen LogP) is 7.19. The third-order valence-corrected chi connectivity index (χ3v) is 10.4. The first-order valence-electron chi connectivity index (χ1n) is 15.7. The van der Waals surface area contributed by atoms with Gasteiger partial charge in [-0.2, -0.15) is 0 Å². The number of phenols is 1. The van der Waals surface area contributed by atoms with Crippen molar-refractivity contribution in [3.8, 4) is 5.75 Å². The van der Waals surface area contributed by atoms with Gasteiger partial charge in [0.05, 0.1) is 24.5 Å². The molecule has 2 fully saturated rings. The molecule has 0 radical (unpaired) electrons. The summed E-state index contributed by atoms with van der Waals surface area (Å²) in [6.45, 7) is 6.28. The van der Waals surface area contributed by atoms with E-state index in [-0.39, 0.29) is 29.8 Å². The monoisotopic (exact) mass is 609 g/mol. The molecule has 2 aromatic carbocycles. The number of imide groups is 1. The van der Waals surface area contributed by atoms with Crippen LogP contribution in [0.25, 0.3) is 11.6 Å². The number of benzene rings is 2. The van der Waals surface area contributed by atoms with Gasteiger partial charge in [-0.3, -0.25) is 14.5 Å². The SMILES string of the molecule is CCCC1=C2[C@@H](CC/C(=C/c3cc(C)c(O)c(C)c3)c3ccccc3)OB(O)C[C@@H]2[C@@H]2C(=O)N(Cc3cccs3)C(=O)[C@@H]2C1. The minimum absolute atomic E-state index is 0.0765. The molecule has 2 aliphatic heterocycles. The highest BCUT2D eigenvalue weighted by atomic mass is 32.1. The van der Waals surface area contributed by atoms with Gasteiger partial charge < -0.3 is 14.8 Å². The number of hydrogen-bond acceptors (Lipinski definition) is 6. The molecule has 8 heteroatoms. The van der Waals surface area contributed by atoms with Crippen LogP contribution in [0.1, 0.15) is 66.2 Å². The van der Waals surface area contributed by atoms with E-state index in [1.54, 1.807) is 11.3 Å². The standard InChI is InChI=1S/C36H40BNO5S/c1-4-9-27-19-29-33(36(41)38(35(29)40)21-28-12-8-15-44-28)30-20-37(42)43-31(32(27)30)14-13-26(25-10-6-5-7-11-25)18-24-16-22(2)34(39)23(3)17-24/h5-8,10-12,15-18,29-31,33,39,42H,4,9,13-14,19-21H2,1-3H3/b26-18-/t29-,30+,31-,33-/m1/s1. The summed E-state index contributed by atoms with van der Waals surface area (Å²) in [4.78, 5) is 30.0. The Morgan fingerprint density at radius 1 is 1.07 bits per heavy atom. The van der Waals surface area contributed by atoms with Crippen LogP contribution in [0.2, 0.25) is 6.32 Å². The van der Waals surface area contributed by atoms with Crippen LogP contribution in [0, 0.1) is 31.6 Å². The average molecular weight is 610 g/mol. The molecule has 1 aliphatic carbocycles. The van der Waals surface area contributed by atoms with Crippen LogP contribution in [-0.4, -0.2) is 40.1 Å². The number of carbonyl (C=O) groups excluding carboxylic acids is 2. The van der Waals surface area contributed by atoms with Crippen LogP contribution in [0.3, 0.4) is 0 Å². The highest BCUT2D eigenvalue weighted by Crippen LogP contribution is 2.52. The summed E-state index contributed by atoms with van der Waals surface area (Å²) in [6.07, 6.45) is 5.88. The van der Waals surface area contributed by atoms with Crippen molar-refractivity contribution in [1.82, 2.24) is 4.90 Å². The van der Waals surface area contributed by atoms with E-state index in [0.717, 1.165) is 51.1 Å². The third kappa shape index (κ3) is 5.95. The van der Waals surface area contributed by atoms with E-state index < -0.39 is 13.0 Å². The van der Waals surface area contributed by atoms with Crippen molar-refractivity contribution in [1.29, 1.82) is 0 Å². The highest BCUT2D eigenvalue weighted by Gasteiger charge is 2.57. The molecule has 2 amide bonds. The first-order chi connectivity index (χ1) is 21.2. The van der Waals surface area contributed by atoms with Crippen LogP contribution < -0.4 is 0 Å². The lowest BCUT2D eigenvalue weighted by molar-refractivity contribution is -0.140. The molecule has 0 spiro atoms. The van der Waals surface area contributed by atoms with E-state index in [9.17, 15) is 19.7 Å². The quantitative estimate of drug-likeness (QED) is 0.116. The second-order valence-electron chi connectivity index (χ2n) is 12.5. The number of thiophene rings is 1. The second-order valence-corrected chi connectivity index (χ2v) is 13.5. The maximum Gasteiger partial charge on any atom is 0.455 e. The van der Waals surface area contributed by atoms with E-state index >= 15 is 0 Å². The zero-order valence-corrected chi connectivity index (χ0v) is 26.5. The lowest BCUT2D eigenvalue weighted by atomic mass is 9.58. The van der Waals surface area contributed by atoms with E-state index in [0.29, 0.717) is 37.9 Å². The van der Waals surface area contributed by atoms with Gasteiger partial charge in [0, 0.05) is 4.88 Å². The van der Waals surface area contributed by atoms with Crippen molar-refractivity contribution < 1.29 is 24.4 Å². The van der Waals surface area contributed by atoms with Crippen LogP contribution in [-0.2, 0) is 20.8 Å². The van der Waals surface area contributed by atoms with Gasteiger partial charge in [-0.25, -0.2) is 0 Å². The molecule has 3 heterocycles. The Bertz CT molecular complexity index is 1570. The van der Waals surface area contributed by atoms with Gasteiger partial charge in [-0.05, 0) is 109 Å². The van der Waals surface area contributed by atoms with E-state index in [1.807, 2.05) is 61.7 Å². The minimum atomic E-state index is -0.990. The number of rotatable bonds is 9. The lowest BCUT2D eigenvalue weighted by Gasteiger charge is -2.43. The molecule has 6 nitrogen and oxygen atoms in total. The molecule has 0 bridgehead atoms. The Morgan fingerprint density at radius 3 is 2.50 bits per heavy atom. The fraction of sp³-hybridized carbons (Fsp3) is 0.389. The fourth-order valence-electron chi connectivity index (χ4n) is 7.59. The number of phenolic OH excluding ortho intramolecular Hbond substituents is 1. The first kappa shape index (κ1) is 30.6. The van der Waals surface area contributed by atoms with Gasteiger partial charge in [0.1, 0.15) is 5.75 Å². The lowest BCUT2D eigenvalue weighted by Crippen LogP contribution is -2.46. The van der Waals surface area contributed by atoms with Crippen molar-refractivity contribution in [2.75, 3.05) is 0 Å². The maximum absolute atomic E-state index is 13.9. The number of fused-ring (bicyclic) bond motifs is 3. The maximum atomic E-state index is 13.9. The van der Waals surface area contributed by atoms with E-state index in [4.69, 9.17) is 4.65 Å². The number of aryl methyl sites for hydroxylation is 2. The Morgan fingerprint density at radius 2 is 1.82 bits per heavy atom. The molecule has 2 saturated heterocycles. The summed E-state index contributed by atoms with van der Waals surface area (Å²) in [5.41, 5.74) is 7.30. The number of carbonyl (C=O) groups is 2. The van der Waals surface area contributed by atoms with E-state index in [1.165, 1.54) is 10.5 Å². The summed E-state index contributed by atoms with van der Waals surface area (Å²) in [6, 6.07) is 18.2. The summed E-state index contributed by atoms with van der Waals surface area (Å²) < 4.78 is 6.27. The predicted molar refractivity (Wildman–Crippen MR) is 176 cm³/mol. The molecule has 4 atom stereocenters. The molecule has 0 unspecified atom stereocenters. The fourth-order valence-corrected chi connectivity index (χ4v) is 8.29. The van der Waals surface area contributed by atoms with Crippen molar-refractivity contribution in [3.63, 3.8) is 0 Å². The summed E-state index contributed by atoms with van der Waals surface area (Å²) >= 11 is 1.56. The van der Waals surface area contributed by atoms with Crippen molar-refractivity contribution in [2.45, 2.75) is 71.8 Å². The topological polar surface area (TPSA) is 87.1 Å². The smallest absolute Gasteiger partial charge is 0.455 e. The molecule has 3 aliphatic rings. The average Bonchev–Trinajstić information content (AvgIpc) is 3.61. The minimum Gasteiger partial charge on any atom is -0.507 e. The number of aromatic hydroxyl groups is 1. The summed E-state index contributed by atoms with van der Waals surface area (Å²) in [7, 11) is -0.990. The molecule has 6 rings (SSSR count). The number of allylic oxidation sites excluding steroid dienone is 2. The van der Waals surface area contributed by atoms with Gasteiger partial charge in [-0.1, -0.05) is 61.4 Å².